The molecule has 1 atom stereocenters. The van der Waals surface area contributed by atoms with Gasteiger partial charge in [-0.3, -0.25) is 0 Å². The molecule has 0 aliphatic rings. The Bertz CT molecular complexity index is 499. The van der Waals surface area contributed by atoms with E-state index in [2.05, 4.69) is 4.72 Å². The molecule has 0 amide bonds. The van der Waals surface area contributed by atoms with E-state index in [1.165, 1.54) is 13.2 Å². The molecule has 5 nitrogen and oxygen atoms in total. The van der Waals surface area contributed by atoms with Gasteiger partial charge in [-0.1, -0.05) is 0 Å². The Kier molecular flexibility index (Phi) is 5.13. The van der Waals surface area contributed by atoms with Crippen LogP contribution in [-0.2, 0) is 14.8 Å². The summed E-state index contributed by atoms with van der Waals surface area (Å²) in [6.45, 7) is 3.81. The highest BCUT2D eigenvalue weighted by Gasteiger charge is 2.19. The fourth-order valence-electron chi connectivity index (χ4n) is 1.66. The fraction of sp³-hybridized carbons (Fsp3) is 0.500. The van der Waals surface area contributed by atoms with Gasteiger partial charge in [-0.05, 0) is 37.6 Å². The summed E-state index contributed by atoms with van der Waals surface area (Å²) in [6.07, 6.45) is 0. The normalized spacial score (nSPS) is 13.3. The maximum Gasteiger partial charge on any atom is 0.241 e. The third kappa shape index (κ3) is 3.69. The van der Waals surface area contributed by atoms with Crippen molar-refractivity contribution in [2.45, 2.75) is 24.8 Å². The second kappa shape index (κ2) is 6.17. The van der Waals surface area contributed by atoms with Crippen LogP contribution >= 0.6 is 0 Å². The predicted molar refractivity (Wildman–Crippen MR) is 69.4 cm³/mol. The topological polar surface area (TPSA) is 64.6 Å². The molecule has 0 radical (unpaired) electrons. The monoisotopic (exact) mass is 273 g/mol. The van der Waals surface area contributed by atoms with E-state index in [1.54, 1.807) is 33.1 Å². The van der Waals surface area contributed by atoms with Crippen molar-refractivity contribution in [3.05, 3.63) is 23.8 Å². The Morgan fingerprint density at radius 1 is 1.33 bits per heavy atom. The average Bonchev–Trinajstić information content (AvgIpc) is 2.27. The van der Waals surface area contributed by atoms with Crippen LogP contribution in [0.2, 0.25) is 0 Å². The summed E-state index contributed by atoms with van der Waals surface area (Å²) in [7, 11) is -0.448. The standard InChI is InChI=1S/C12H19NO4S/c1-9-7-11(17-4)5-6-12(9)18(14,15)13-10(2)8-16-3/h5-7,10,13H,8H2,1-4H3. The molecule has 0 aliphatic heterocycles. The summed E-state index contributed by atoms with van der Waals surface area (Å²) in [6, 6.07) is 4.58. The molecule has 18 heavy (non-hydrogen) atoms. The smallest absolute Gasteiger partial charge is 0.241 e. The number of hydrogen-bond donors (Lipinski definition) is 1. The summed E-state index contributed by atoms with van der Waals surface area (Å²) < 4.78 is 36.8. The zero-order chi connectivity index (χ0) is 13.8. The SMILES string of the molecule is COCC(C)NS(=O)(=O)c1ccc(OC)cc1C. The minimum atomic E-state index is -3.52. The molecular weight excluding hydrogens is 254 g/mol. The Hall–Kier alpha value is -1.11. The molecule has 0 saturated heterocycles. The first-order chi connectivity index (χ1) is 8.40. The van der Waals surface area contributed by atoms with Crippen molar-refractivity contribution in [1.29, 1.82) is 0 Å². The van der Waals surface area contributed by atoms with Crippen LogP contribution in [0, 0.1) is 6.92 Å². The third-order valence-corrected chi connectivity index (χ3v) is 4.19. The minimum absolute atomic E-state index is 0.256. The Morgan fingerprint density at radius 3 is 2.50 bits per heavy atom. The summed E-state index contributed by atoms with van der Waals surface area (Å²) >= 11 is 0. The van der Waals surface area contributed by atoms with Gasteiger partial charge in [0.1, 0.15) is 5.75 Å². The van der Waals surface area contributed by atoms with E-state index in [4.69, 9.17) is 9.47 Å². The molecule has 0 aliphatic carbocycles. The molecule has 0 bridgehead atoms. The number of hydrogen-bond acceptors (Lipinski definition) is 4. The second-order valence-electron chi connectivity index (χ2n) is 4.11. The highest BCUT2D eigenvalue weighted by Crippen LogP contribution is 2.20. The number of nitrogens with one attached hydrogen (secondary N) is 1. The van der Waals surface area contributed by atoms with Gasteiger partial charge in [-0.2, -0.15) is 0 Å². The lowest BCUT2D eigenvalue weighted by atomic mass is 10.2. The summed E-state index contributed by atoms with van der Waals surface area (Å²) in [5, 5.41) is 0. The van der Waals surface area contributed by atoms with Crippen LogP contribution in [0.3, 0.4) is 0 Å². The lowest BCUT2D eigenvalue weighted by molar-refractivity contribution is 0.180. The quantitative estimate of drug-likeness (QED) is 0.849. The molecule has 102 valence electrons. The number of methoxy groups -OCH3 is 2. The number of sulfonamides is 1. The molecule has 1 aromatic carbocycles. The van der Waals surface area contributed by atoms with Crippen molar-refractivity contribution >= 4 is 10.0 Å². The van der Waals surface area contributed by atoms with Gasteiger partial charge in [0.15, 0.2) is 0 Å². The molecule has 1 N–H and O–H groups in total. The van der Waals surface area contributed by atoms with Crippen molar-refractivity contribution in [2.24, 2.45) is 0 Å². The third-order valence-electron chi connectivity index (χ3n) is 2.44. The van der Waals surface area contributed by atoms with Crippen molar-refractivity contribution in [2.75, 3.05) is 20.8 Å². The van der Waals surface area contributed by atoms with Crippen LogP contribution in [0.5, 0.6) is 5.75 Å². The number of rotatable bonds is 6. The number of benzene rings is 1. The number of aryl methyl sites for hydroxylation is 1. The first-order valence-electron chi connectivity index (χ1n) is 5.56. The Labute approximate surface area is 108 Å². The highest BCUT2D eigenvalue weighted by molar-refractivity contribution is 7.89. The largest absolute Gasteiger partial charge is 0.497 e. The van der Waals surface area contributed by atoms with Crippen molar-refractivity contribution in [3.63, 3.8) is 0 Å². The van der Waals surface area contributed by atoms with Crippen LogP contribution in [0.15, 0.2) is 23.1 Å². The maximum absolute atomic E-state index is 12.1. The molecular formula is C12H19NO4S. The molecule has 0 fully saturated rings. The van der Waals surface area contributed by atoms with Crippen LogP contribution in [0.25, 0.3) is 0 Å². The van der Waals surface area contributed by atoms with E-state index in [0.29, 0.717) is 17.9 Å². The van der Waals surface area contributed by atoms with E-state index in [1.807, 2.05) is 0 Å². The molecule has 0 spiro atoms. The molecule has 1 aromatic rings. The van der Waals surface area contributed by atoms with Crippen molar-refractivity contribution in [1.82, 2.24) is 4.72 Å². The zero-order valence-corrected chi connectivity index (χ0v) is 11.9. The molecule has 0 heterocycles. The van der Waals surface area contributed by atoms with Gasteiger partial charge in [0.05, 0.1) is 18.6 Å². The molecule has 0 aromatic heterocycles. The highest BCUT2D eigenvalue weighted by atomic mass is 32.2. The molecule has 1 unspecified atom stereocenters. The Balaban J connectivity index is 2.98. The van der Waals surface area contributed by atoms with Crippen LogP contribution in [0.4, 0.5) is 0 Å². The minimum Gasteiger partial charge on any atom is -0.497 e. The van der Waals surface area contributed by atoms with E-state index in [-0.39, 0.29) is 10.9 Å². The van der Waals surface area contributed by atoms with Crippen molar-refractivity contribution < 1.29 is 17.9 Å². The van der Waals surface area contributed by atoms with E-state index < -0.39 is 10.0 Å². The lowest BCUT2D eigenvalue weighted by Crippen LogP contribution is -2.35. The van der Waals surface area contributed by atoms with E-state index in [9.17, 15) is 8.42 Å². The zero-order valence-electron chi connectivity index (χ0n) is 11.1. The second-order valence-corrected chi connectivity index (χ2v) is 5.79. The first kappa shape index (κ1) is 14.9. The van der Waals surface area contributed by atoms with Crippen molar-refractivity contribution in [3.8, 4) is 5.75 Å². The van der Waals surface area contributed by atoms with Crippen LogP contribution in [0.1, 0.15) is 12.5 Å². The van der Waals surface area contributed by atoms with Gasteiger partial charge in [0.25, 0.3) is 0 Å². The van der Waals surface area contributed by atoms with Gasteiger partial charge in [0.2, 0.25) is 10.0 Å². The summed E-state index contributed by atoms with van der Waals surface area (Å²) in [4.78, 5) is 0.256. The van der Waals surface area contributed by atoms with Gasteiger partial charge in [-0.15, -0.1) is 0 Å². The van der Waals surface area contributed by atoms with Crippen LogP contribution in [-0.4, -0.2) is 35.3 Å². The summed E-state index contributed by atoms with van der Waals surface area (Å²) in [5.74, 6) is 0.636. The van der Waals surface area contributed by atoms with Gasteiger partial charge >= 0.3 is 0 Å². The fourth-order valence-corrected chi connectivity index (χ4v) is 3.12. The maximum atomic E-state index is 12.1. The Morgan fingerprint density at radius 2 is 2.00 bits per heavy atom. The summed E-state index contributed by atoms with van der Waals surface area (Å²) in [5.41, 5.74) is 0.645. The first-order valence-corrected chi connectivity index (χ1v) is 7.05. The van der Waals surface area contributed by atoms with Crippen LogP contribution < -0.4 is 9.46 Å². The molecule has 6 heteroatoms. The van der Waals surface area contributed by atoms with Gasteiger partial charge < -0.3 is 9.47 Å². The predicted octanol–water partition coefficient (Wildman–Crippen LogP) is 1.32. The number of ether oxygens (including phenoxy) is 2. The molecule has 0 saturated carbocycles. The van der Waals surface area contributed by atoms with E-state index >= 15 is 0 Å². The van der Waals surface area contributed by atoms with Gasteiger partial charge in [0, 0.05) is 13.2 Å². The lowest BCUT2D eigenvalue weighted by Gasteiger charge is -2.15. The molecule has 1 rings (SSSR count). The average molecular weight is 273 g/mol. The van der Waals surface area contributed by atoms with E-state index in [0.717, 1.165) is 0 Å². The van der Waals surface area contributed by atoms with Gasteiger partial charge in [-0.25, -0.2) is 13.1 Å².